The zero-order chi connectivity index (χ0) is 21.7. The second-order valence-corrected chi connectivity index (χ2v) is 8.09. The Kier molecular flexibility index (Phi) is 7.44. The Morgan fingerprint density at radius 3 is 2.37 bits per heavy atom. The van der Waals surface area contributed by atoms with Crippen molar-refractivity contribution in [1.29, 1.82) is 0 Å². The van der Waals surface area contributed by atoms with Gasteiger partial charge >= 0.3 is 0 Å². The summed E-state index contributed by atoms with van der Waals surface area (Å²) in [6.45, 7) is 1.84. The van der Waals surface area contributed by atoms with Gasteiger partial charge in [-0.2, -0.15) is 0 Å². The Morgan fingerprint density at radius 1 is 1.17 bits per heavy atom. The van der Waals surface area contributed by atoms with Crippen LogP contribution in [0.25, 0.3) is 0 Å². The number of carbonyl (C=O) groups excluding carboxylic acids is 3. The smallest absolute Gasteiger partial charge is 0.250 e. The van der Waals surface area contributed by atoms with Crippen LogP contribution in [0.3, 0.4) is 0 Å². The van der Waals surface area contributed by atoms with Crippen LogP contribution in [-0.2, 0) is 32.0 Å². The van der Waals surface area contributed by atoms with E-state index in [2.05, 4.69) is 34.9 Å². The van der Waals surface area contributed by atoms with Crippen LogP contribution in [0.1, 0.15) is 43.7 Å². The van der Waals surface area contributed by atoms with Crippen LogP contribution in [0, 0.1) is 0 Å². The molecule has 4 atom stereocenters. The minimum absolute atomic E-state index is 0.110. The monoisotopic (exact) mass is 416 g/mol. The van der Waals surface area contributed by atoms with Gasteiger partial charge in [0.25, 0.3) is 5.91 Å². The largest absolute Gasteiger partial charge is 0.368 e. The molecule has 4 N–H and O–H groups in total. The number of nitrogens with one attached hydrogen (secondary N) is 2. The molecule has 3 amide bonds. The molecule has 1 aliphatic carbocycles. The van der Waals surface area contributed by atoms with E-state index in [-0.39, 0.29) is 18.4 Å². The molecule has 2 aliphatic heterocycles. The van der Waals surface area contributed by atoms with Gasteiger partial charge in [-0.1, -0.05) is 24.3 Å². The summed E-state index contributed by atoms with van der Waals surface area (Å²) in [4.78, 5) is 36.9. The average Bonchev–Trinajstić information content (AvgIpc) is 3.16. The molecule has 0 radical (unpaired) electrons. The molecule has 4 rings (SSSR count). The summed E-state index contributed by atoms with van der Waals surface area (Å²) in [6.07, 6.45) is 5.60. The summed E-state index contributed by atoms with van der Waals surface area (Å²) in [6, 6.07) is 7.37. The van der Waals surface area contributed by atoms with Gasteiger partial charge in [-0.05, 0) is 63.6 Å². The summed E-state index contributed by atoms with van der Waals surface area (Å²) in [5.74, 6) is -1.15. The zero-order valence-corrected chi connectivity index (χ0v) is 17.7. The maximum Gasteiger partial charge on any atom is 0.250 e. The van der Waals surface area contributed by atoms with Gasteiger partial charge in [-0.25, -0.2) is 0 Å². The van der Waals surface area contributed by atoms with Crippen LogP contribution in [0.4, 0.5) is 0 Å². The van der Waals surface area contributed by atoms with Gasteiger partial charge in [0.15, 0.2) is 0 Å². The molecule has 1 aromatic carbocycles. The number of benzene rings is 1. The number of nitrogens with two attached hydrogens (primary N) is 1. The van der Waals surface area contributed by atoms with Gasteiger partial charge in [0.05, 0.1) is 12.6 Å². The summed E-state index contributed by atoms with van der Waals surface area (Å²) < 4.78 is 5.71. The van der Waals surface area contributed by atoms with Crippen molar-refractivity contribution in [2.24, 2.45) is 5.73 Å². The number of carbonyl (C=O) groups is 3. The van der Waals surface area contributed by atoms with E-state index in [0.29, 0.717) is 12.8 Å². The highest BCUT2D eigenvalue weighted by molar-refractivity contribution is 5.93. The highest BCUT2D eigenvalue weighted by atomic mass is 16.5. The normalized spacial score (nSPS) is 27.4. The molecule has 2 fully saturated rings. The van der Waals surface area contributed by atoms with Gasteiger partial charge < -0.3 is 26.0 Å². The number of hydrogen-bond acceptors (Lipinski definition) is 5. The Balaban J connectivity index is 0.000000212. The fourth-order valence-corrected chi connectivity index (χ4v) is 4.42. The maximum atomic E-state index is 12.5. The molecule has 0 bridgehead atoms. The third kappa shape index (κ3) is 4.99. The first-order valence-corrected chi connectivity index (χ1v) is 10.7. The predicted molar refractivity (Wildman–Crippen MR) is 112 cm³/mol. The van der Waals surface area contributed by atoms with Crippen LogP contribution in [0.2, 0.25) is 0 Å². The molecule has 0 saturated carbocycles. The molecule has 2 heterocycles. The summed E-state index contributed by atoms with van der Waals surface area (Å²) in [5.41, 5.74) is 8.47. The topological polar surface area (TPSA) is 114 Å². The lowest BCUT2D eigenvalue weighted by Crippen LogP contribution is -2.64. The molecule has 3 unspecified atom stereocenters. The molecule has 164 valence electrons. The molecule has 0 spiro atoms. The van der Waals surface area contributed by atoms with E-state index in [4.69, 9.17) is 10.5 Å². The van der Waals surface area contributed by atoms with E-state index in [1.807, 2.05) is 0 Å². The predicted octanol–water partition coefficient (Wildman–Crippen LogP) is 0.477. The number of amides is 3. The number of primary amides is 1. The van der Waals surface area contributed by atoms with E-state index in [1.54, 1.807) is 25.1 Å². The molecular weight excluding hydrogens is 384 g/mol. The highest BCUT2D eigenvalue weighted by Crippen LogP contribution is 2.31. The van der Waals surface area contributed by atoms with Crippen LogP contribution >= 0.6 is 0 Å². The zero-order valence-electron chi connectivity index (χ0n) is 17.7. The minimum atomic E-state index is -0.785. The van der Waals surface area contributed by atoms with Gasteiger partial charge in [-0.3, -0.25) is 14.4 Å². The van der Waals surface area contributed by atoms with Crippen molar-refractivity contribution >= 4 is 17.7 Å². The van der Waals surface area contributed by atoms with Crippen molar-refractivity contribution < 1.29 is 19.1 Å². The molecule has 2 saturated heterocycles. The second-order valence-electron chi connectivity index (χ2n) is 8.09. The van der Waals surface area contributed by atoms with Crippen molar-refractivity contribution in [3.63, 3.8) is 0 Å². The van der Waals surface area contributed by atoms with Crippen molar-refractivity contribution in [3.8, 4) is 0 Å². The first kappa shape index (κ1) is 22.2. The van der Waals surface area contributed by atoms with Gasteiger partial charge in [0, 0.05) is 0 Å². The van der Waals surface area contributed by atoms with E-state index in [9.17, 15) is 14.4 Å². The number of fused-ring (bicyclic) bond motifs is 2. The summed E-state index contributed by atoms with van der Waals surface area (Å²) in [5, 5.41) is 5.33. The van der Waals surface area contributed by atoms with Crippen LogP contribution in [0.5, 0.6) is 0 Å². The van der Waals surface area contributed by atoms with E-state index >= 15 is 0 Å². The van der Waals surface area contributed by atoms with Crippen LogP contribution < -0.4 is 16.4 Å². The van der Waals surface area contributed by atoms with Crippen molar-refractivity contribution in [2.75, 3.05) is 13.6 Å². The fourth-order valence-electron chi connectivity index (χ4n) is 4.42. The van der Waals surface area contributed by atoms with Crippen molar-refractivity contribution in [2.45, 2.75) is 69.9 Å². The van der Waals surface area contributed by atoms with Gasteiger partial charge in [0.2, 0.25) is 11.8 Å². The molecule has 30 heavy (non-hydrogen) atoms. The van der Waals surface area contributed by atoms with Crippen molar-refractivity contribution in [3.05, 3.63) is 35.4 Å². The Hall–Kier alpha value is -2.45. The quantitative estimate of drug-likeness (QED) is 0.661. The standard InChI is InChI=1S/C12H20N4O4.C10H12/c1-6-10(15-8(17)5-14-2)12(19)16-7(11(13)18)3-4-9(16)20-6;1-2-6-10-8-4-3-7-9(10)5-1/h6-7,9-10,14H,3-5H2,1-2H3,(H2,13,18)(H,15,17);1-2,5-6H,3-4,7-8H2/t6?,7?,9?,10-;/m0./s1. The number of nitrogens with zero attached hydrogens (tertiary/aromatic N) is 1. The fraction of sp³-hybridized carbons (Fsp3) is 0.591. The molecule has 8 nitrogen and oxygen atoms in total. The lowest BCUT2D eigenvalue weighted by Gasteiger charge is -2.40. The van der Waals surface area contributed by atoms with Crippen LogP contribution in [-0.4, -0.2) is 60.6 Å². The number of hydrogen-bond donors (Lipinski definition) is 3. The number of ether oxygens (including phenoxy) is 1. The maximum absolute atomic E-state index is 12.5. The lowest BCUT2D eigenvalue weighted by atomic mass is 9.92. The summed E-state index contributed by atoms with van der Waals surface area (Å²) >= 11 is 0. The van der Waals surface area contributed by atoms with Crippen LogP contribution in [0.15, 0.2) is 24.3 Å². The summed E-state index contributed by atoms with van der Waals surface area (Å²) in [7, 11) is 1.64. The molecule has 1 aromatic rings. The molecule has 3 aliphatic rings. The Labute approximate surface area is 177 Å². The van der Waals surface area contributed by atoms with E-state index < -0.39 is 30.3 Å². The minimum Gasteiger partial charge on any atom is -0.368 e. The average molecular weight is 417 g/mol. The third-order valence-corrected chi connectivity index (χ3v) is 5.94. The molecular formula is C22H32N4O4. The van der Waals surface area contributed by atoms with Gasteiger partial charge in [-0.15, -0.1) is 0 Å². The van der Waals surface area contributed by atoms with Crippen molar-refractivity contribution in [1.82, 2.24) is 15.5 Å². The van der Waals surface area contributed by atoms with Gasteiger partial charge in [0.1, 0.15) is 18.3 Å². The first-order chi connectivity index (χ1) is 14.4. The first-order valence-electron chi connectivity index (χ1n) is 10.7. The number of likely N-dealkylation sites (N-methyl/N-ethyl adjacent to an activating group) is 1. The molecule has 8 heteroatoms. The van der Waals surface area contributed by atoms with E-state index in [0.717, 1.165) is 0 Å². The third-order valence-electron chi connectivity index (χ3n) is 5.94. The Morgan fingerprint density at radius 2 is 1.80 bits per heavy atom. The highest BCUT2D eigenvalue weighted by Gasteiger charge is 2.49. The second kappa shape index (κ2) is 10.0. The van der Waals surface area contributed by atoms with E-state index in [1.165, 1.54) is 30.6 Å². The number of aryl methyl sites for hydroxylation is 2. The Bertz CT molecular complexity index is 759. The number of rotatable bonds is 4. The SMILES string of the molecule is CNCC(=O)N[C@@H]1C(=O)N2C(CCC2C(N)=O)OC1C.c1ccc2c(c1)CCCC2. The lowest BCUT2D eigenvalue weighted by molar-refractivity contribution is -0.178. The molecule has 0 aromatic heterocycles.